The molecular formula is C19H22N4O3. The van der Waals surface area contributed by atoms with Gasteiger partial charge in [0.2, 0.25) is 0 Å². The number of aromatic nitrogens is 2. The fourth-order valence-corrected chi connectivity index (χ4v) is 2.89. The largest absolute Gasteiger partial charge is 0.508 e. The molecule has 26 heavy (non-hydrogen) atoms. The minimum Gasteiger partial charge on any atom is -0.508 e. The molecule has 0 spiro atoms. The van der Waals surface area contributed by atoms with Crippen molar-refractivity contribution in [2.75, 3.05) is 13.2 Å². The Morgan fingerprint density at radius 2 is 2.27 bits per heavy atom. The highest BCUT2D eigenvalue weighted by atomic mass is 16.5. The van der Waals surface area contributed by atoms with Crippen molar-refractivity contribution in [3.05, 3.63) is 53.4 Å². The third-order valence-corrected chi connectivity index (χ3v) is 4.09. The second-order valence-corrected chi connectivity index (χ2v) is 5.94. The third kappa shape index (κ3) is 3.83. The maximum absolute atomic E-state index is 12.2. The number of hydrogen-bond acceptors (Lipinski definition) is 6. The average molecular weight is 354 g/mol. The quantitative estimate of drug-likeness (QED) is 0.775. The van der Waals surface area contributed by atoms with Gasteiger partial charge in [0.15, 0.2) is 0 Å². The standard InChI is InChI=1S/C19H22N4O3/c1-2-26-19(25)18-12-17(22-23(18)9-7-20)14-6-8-21-16(11-14)13-4-3-5-15(24)10-13/h3-5,8,10-12,14,24H,2,6-7,9,20H2,1H3. The van der Waals surface area contributed by atoms with Crippen molar-refractivity contribution in [3.8, 4) is 5.75 Å². The number of rotatable bonds is 6. The maximum Gasteiger partial charge on any atom is 0.356 e. The summed E-state index contributed by atoms with van der Waals surface area (Å²) in [5.41, 5.74) is 8.41. The molecular weight excluding hydrogens is 332 g/mol. The molecule has 136 valence electrons. The fourth-order valence-electron chi connectivity index (χ4n) is 2.89. The summed E-state index contributed by atoms with van der Waals surface area (Å²) in [6.07, 6.45) is 4.51. The molecule has 1 unspecified atom stereocenters. The normalized spacial score (nSPS) is 16.4. The van der Waals surface area contributed by atoms with Crippen LogP contribution in [0.15, 0.2) is 41.4 Å². The molecule has 2 heterocycles. The number of carbonyl (C=O) groups is 1. The number of aromatic hydroxyl groups is 1. The molecule has 0 saturated heterocycles. The number of allylic oxidation sites excluding steroid dienone is 1. The average Bonchev–Trinajstić information content (AvgIpc) is 3.07. The molecule has 0 radical (unpaired) electrons. The van der Waals surface area contributed by atoms with Gasteiger partial charge >= 0.3 is 5.97 Å². The Morgan fingerprint density at radius 1 is 1.42 bits per heavy atom. The molecule has 7 nitrogen and oxygen atoms in total. The van der Waals surface area contributed by atoms with E-state index in [0.29, 0.717) is 31.8 Å². The van der Waals surface area contributed by atoms with Gasteiger partial charge in [0.25, 0.3) is 0 Å². The number of nitrogens with zero attached hydrogens (tertiary/aromatic N) is 3. The second kappa shape index (κ2) is 7.97. The van der Waals surface area contributed by atoms with Gasteiger partial charge in [-0.15, -0.1) is 0 Å². The summed E-state index contributed by atoms with van der Waals surface area (Å²) in [5.74, 6) is -0.226. The van der Waals surface area contributed by atoms with E-state index in [-0.39, 0.29) is 11.7 Å². The highest BCUT2D eigenvalue weighted by Gasteiger charge is 2.22. The Hall–Kier alpha value is -2.93. The summed E-state index contributed by atoms with van der Waals surface area (Å²) in [7, 11) is 0. The zero-order chi connectivity index (χ0) is 18.5. The zero-order valence-corrected chi connectivity index (χ0v) is 14.6. The van der Waals surface area contributed by atoms with Crippen molar-refractivity contribution in [2.45, 2.75) is 25.8 Å². The molecule has 0 aliphatic carbocycles. The highest BCUT2D eigenvalue weighted by Crippen LogP contribution is 2.30. The lowest BCUT2D eigenvalue weighted by atomic mass is 9.96. The molecule has 0 saturated carbocycles. The lowest BCUT2D eigenvalue weighted by molar-refractivity contribution is 0.0512. The number of aliphatic imine (C=N–C) groups is 1. The van der Waals surface area contributed by atoms with E-state index in [9.17, 15) is 9.90 Å². The van der Waals surface area contributed by atoms with E-state index in [4.69, 9.17) is 10.5 Å². The monoisotopic (exact) mass is 354 g/mol. The van der Waals surface area contributed by atoms with Gasteiger partial charge in [-0.1, -0.05) is 12.1 Å². The smallest absolute Gasteiger partial charge is 0.356 e. The molecule has 3 rings (SSSR count). The first-order valence-corrected chi connectivity index (χ1v) is 8.61. The van der Waals surface area contributed by atoms with Crippen LogP contribution in [0.3, 0.4) is 0 Å². The van der Waals surface area contributed by atoms with Crippen LogP contribution in [0.25, 0.3) is 5.70 Å². The van der Waals surface area contributed by atoms with Gasteiger partial charge in [0, 0.05) is 24.2 Å². The van der Waals surface area contributed by atoms with E-state index in [1.165, 1.54) is 0 Å². The number of benzene rings is 1. The first-order chi connectivity index (χ1) is 12.6. The van der Waals surface area contributed by atoms with Crippen molar-refractivity contribution < 1.29 is 14.6 Å². The van der Waals surface area contributed by atoms with Gasteiger partial charge in [-0.05, 0) is 37.6 Å². The van der Waals surface area contributed by atoms with Gasteiger partial charge in [-0.3, -0.25) is 9.67 Å². The summed E-state index contributed by atoms with van der Waals surface area (Å²) < 4.78 is 6.71. The number of nitrogens with two attached hydrogens (primary N) is 1. The maximum atomic E-state index is 12.2. The van der Waals surface area contributed by atoms with Crippen LogP contribution in [0.4, 0.5) is 0 Å². The van der Waals surface area contributed by atoms with E-state index >= 15 is 0 Å². The summed E-state index contributed by atoms with van der Waals surface area (Å²) in [5, 5.41) is 14.2. The Morgan fingerprint density at radius 3 is 3.00 bits per heavy atom. The van der Waals surface area contributed by atoms with Crippen molar-refractivity contribution in [1.82, 2.24) is 9.78 Å². The summed E-state index contributed by atoms with van der Waals surface area (Å²) >= 11 is 0. The Balaban J connectivity index is 1.92. The minimum atomic E-state index is -0.402. The zero-order valence-electron chi connectivity index (χ0n) is 14.6. The highest BCUT2D eigenvalue weighted by molar-refractivity contribution is 5.88. The molecule has 1 aliphatic heterocycles. The van der Waals surface area contributed by atoms with Crippen LogP contribution in [-0.4, -0.2) is 40.2 Å². The third-order valence-electron chi connectivity index (χ3n) is 4.09. The SMILES string of the molecule is CCOC(=O)c1cc(C2C=C(c3cccc(O)c3)N=CC2)nn1CCN. The molecule has 3 N–H and O–H groups in total. The van der Waals surface area contributed by atoms with Crippen LogP contribution >= 0.6 is 0 Å². The predicted octanol–water partition coefficient (Wildman–Crippen LogP) is 2.32. The van der Waals surface area contributed by atoms with Crippen LogP contribution in [0, 0.1) is 0 Å². The number of phenolic OH excluding ortho intramolecular Hbond substituents is 1. The van der Waals surface area contributed by atoms with Gasteiger partial charge in [-0.25, -0.2) is 4.79 Å². The molecule has 0 bridgehead atoms. The van der Waals surface area contributed by atoms with Crippen LogP contribution in [0.1, 0.15) is 41.0 Å². The van der Waals surface area contributed by atoms with Crippen molar-refractivity contribution >= 4 is 17.9 Å². The Bertz CT molecular complexity index is 854. The molecule has 2 aromatic rings. The summed E-state index contributed by atoms with van der Waals surface area (Å²) in [6, 6.07) is 8.71. The number of hydrogen-bond donors (Lipinski definition) is 2. The first-order valence-electron chi connectivity index (χ1n) is 8.61. The number of carbonyl (C=O) groups excluding carboxylic acids is 1. The minimum absolute atomic E-state index is 0.0166. The van der Waals surface area contributed by atoms with Crippen LogP contribution in [0.5, 0.6) is 5.75 Å². The molecule has 1 aromatic carbocycles. The van der Waals surface area contributed by atoms with E-state index in [1.54, 1.807) is 35.9 Å². The fraction of sp³-hybridized carbons (Fsp3) is 0.316. The predicted molar refractivity (Wildman–Crippen MR) is 99.2 cm³/mol. The van der Waals surface area contributed by atoms with Crippen molar-refractivity contribution in [3.63, 3.8) is 0 Å². The first kappa shape index (κ1) is 17.9. The Labute approximate surface area is 151 Å². The van der Waals surface area contributed by atoms with Crippen LogP contribution < -0.4 is 5.73 Å². The summed E-state index contributed by atoms with van der Waals surface area (Å²) in [4.78, 5) is 16.6. The van der Waals surface area contributed by atoms with Gasteiger partial charge in [0.1, 0.15) is 11.4 Å². The van der Waals surface area contributed by atoms with E-state index in [0.717, 1.165) is 17.0 Å². The molecule has 1 aliphatic rings. The topological polar surface area (TPSA) is 103 Å². The lowest BCUT2D eigenvalue weighted by Crippen LogP contribution is -2.18. The van der Waals surface area contributed by atoms with Crippen molar-refractivity contribution in [1.29, 1.82) is 0 Å². The molecule has 7 heteroatoms. The number of ether oxygens (including phenoxy) is 1. The van der Waals surface area contributed by atoms with E-state index in [1.807, 2.05) is 18.4 Å². The van der Waals surface area contributed by atoms with Gasteiger partial charge < -0.3 is 15.6 Å². The lowest BCUT2D eigenvalue weighted by Gasteiger charge is -2.14. The molecule has 0 amide bonds. The Kier molecular flexibility index (Phi) is 5.48. The molecule has 0 fully saturated rings. The van der Waals surface area contributed by atoms with Gasteiger partial charge in [-0.2, -0.15) is 5.10 Å². The van der Waals surface area contributed by atoms with E-state index < -0.39 is 5.97 Å². The number of phenols is 1. The van der Waals surface area contributed by atoms with Crippen LogP contribution in [0.2, 0.25) is 0 Å². The van der Waals surface area contributed by atoms with Crippen molar-refractivity contribution in [2.24, 2.45) is 10.7 Å². The second-order valence-electron chi connectivity index (χ2n) is 5.94. The van der Waals surface area contributed by atoms with Gasteiger partial charge in [0.05, 0.1) is 24.5 Å². The molecule has 1 aromatic heterocycles. The summed E-state index contributed by atoms with van der Waals surface area (Å²) in [6.45, 7) is 2.89. The van der Waals surface area contributed by atoms with Crippen LogP contribution in [-0.2, 0) is 11.3 Å². The van der Waals surface area contributed by atoms with E-state index in [2.05, 4.69) is 10.1 Å². The number of esters is 1. The molecule has 1 atom stereocenters.